The van der Waals surface area contributed by atoms with E-state index in [-0.39, 0.29) is 23.1 Å². The molecule has 0 spiro atoms. The van der Waals surface area contributed by atoms with Crippen molar-refractivity contribution in [2.45, 2.75) is 13.8 Å². The van der Waals surface area contributed by atoms with Crippen molar-refractivity contribution in [3.8, 4) is 5.75 Å². The number of phenols is 1. The number of amides is 2. The number of aromatic hydroxyl groups is 1. The van der Waals surface area contributed by atoms with E-state index in [2.05, 4.69) is 10.6 Å². The number of carbonyl (C=O) groups excluding carboxylic acids is 2. The molecule has 25 heavy (non-hydrogen) atoms. The van der Waals surface area contributed by atoms with Gasteiger partial charge in [-0.25, -0.2) is 4.79 Å². The molecule has 0 saturated heterocycles. The molecule has 2 amide bonds. The molecule has 0 bridgehead atoms. The van der Waals surface area contributed by atoms with Crippen molar-refractivity contribution in [3.63, 3.8) is 0 Å². The van der Waals surface area contributed by atoms with Gasteiger partial charge in [-0.05, 0) is 36.4 Å². The van der Waals surface area contributed by atoms with E-state index in [1.165, 1.54) is 18.2 Å². The van der Waals surface area contributed by atoms with Crippen LogP contribution >= 0.6 is 0 Å². The highest BCUT2D eigenvalue weighted by Gasteiger charge is 2.12. The zero-order valence-corrected chi connectivity index (χ0v) is 13.7. The van der Waals surface area contributed by atoms with Gasteiger partial charge in [-0.3, -0.25) is 9.59 Å². The second-order valence-corrected chi connectivity index (χ2v) is 5.71. The quantitative estimate of drug-likeness (QED) is 0.667. The molecule has 0 fully saturated rings. The van der Waals surface area contributed by atoms with E-state index in [0.717, 1.165) is 0 Å². The summed E-state index contributed by atoms with van der Waals surface area (Å²) in [4.78, 5) is 34.7. The summed E-state index contributed by atoms with van der Waals surface area (Å²) in [5.74, 6) is -2.38. The lowest BCUT2D eigenvalue weighted by molar-refractivity contribution is -0.118. The highest BCUT2D eigenvalue weighted by atomic mass is 16.4. The molecule has 2 aromatic rings. The molecule has 2 rings (SSSR count). The summed E-state index contributed by atoms with van der Waals surface area (Å²) in [6.45, 7) is 3.56. The number of hydrogen-bond donors (Lipinski definition) is 4. The third kappa shape index (κ3) is 4.57. The monoisotopic (exact) mass is 342 g/mol. The summed E-state index contributed by atoms with van der Waals surface area (Å²) in [5.41, 5.74) is 0.955. The van der Waals surface area contributed by atoms with Crippen LogP contribution in [0.15, 0.2) is 42.5 Å². The number of carboxylic acid groups (broad SMARTS) is 1. The van der Waals surface area contributed by atoms with E-state index in [9.17, 15) is 19.5 Å². The largest absolute Gasteiger partial charge is 0.507 e. The van der Waals surface area contributed by atoms with Crippen molar-refractivity contribution in [2.75, 3.05) is 10.6 Å². The van der Waals surface area contributed by atoms with Gasteiger partial charge in [0.25, 0.3) is 5.91 Å². The van der Waals surface area contributed by atoms with Crippen molar-refractivity contribution in [1.82, 2.24) is 0 Å². The number of anilines is 2. The molecular formula is C18H18N2O5. The zero-order chi connectivity index (χ0) is 18.6. The molecule has 0 aliphatic heterocycles. The van der Waals surface area contributed by atoms with Crippen LogP contribution in [0, 0.1) is 5.92 Å². The van der Waals surface area contributed by atoms with Gasteiger partial charge in [0.1, 0.15) is 11.3 Å². The molecule has 2 aromatic carbocycles. The van der Waals surface area contributed by atoms with E-state index in [0.29, 0.717) is 11.3 Å². The van der Waals surface area contributed by atoms with Gasteiger partial charge >= 0.3 is 5.97 Å². The molecule has 0 heterocycles. The van der Waals surface area contributed by atoms with Gasteiger partial charge < -0.3 is 20.8 Å². The standard InChI is InChI=1S/C18H18N2O5/c1-10(2)16(22)19-12-5-3-11(4-6-12)17(23)20-13-7-8-14(18(24)25)15(21)9-13/h3-10,21H,1-2H3,(H,19,22)(H,20,23)(H,24,25). The summed E-state index contributed by atoms with van der Waals surface area (Å²) < 4.78 is 0. The van der Waals surface area contributed by atoms with Gasteiger partial charge in [0.2, 0.25) is 5.91 Å². The normalized spacial score (nSPS) is 10.4. The van der Waals surface area contributed by atoms with Gasteiger partial charge in [-0.2, -0.15) is 0 Å². The lowest BCUT2D eigenvalue weighted by atomic mass is 10.1. The summed E-state index contributed by atoms with van der Waals surface area (Å²) >= 11 is 0. The van der Waals surface area contributed by atoms with E-state index in [1.807, 2.05) is 0 Å². The minimum absolute atomic E-state index is 0.119. The molecule has 0 unspecified atom stereocenters. The number of carboxylic acids is 1. The summed E-state index contributed by atoms with van der Waals surface area (Å²) in [7, 11) is 0. The number of benzene rings is 2. The first-order valence-electron chi connectivity index (χ1n) is 7.56. The van der Waals surface area contributed by atoms with Crippen LogP contribution < -0.4 is 10.6 Å². The van der Waals surface area contributed by atoms with Crippen LogP contribution in [0.5, 0.6) is 5.75 Å². The Morgan fingerprint density at radius 3 is 2.04 bits per heavy atom. The highest BCUT2D eigenvalue weighted by molar-refractivity contribution is 6.05. The van der Waals surface area contributed by atoms with Gasteiger partial charge in [-0.1, -0.05) is 13.8 Å². The molecule has 130 valence electrons. The average molecular weight is 342 g/mol. The Morgan fingerprint density at radius 2 is 1.52 bits per heavy atom. The number of aromatic carboxylic acids is 1. The highest BCUT2D eigenvalue weighted by Crippen LogP contribution is 2.22. The van der Waals surface area contributed by atoms with Crippen molar-refractivity contribution >= 4 is 29.2 Å². The van der Waals surface area contributed by atoms with E-state index >= 15 is 0 Å². The van der Waals surface area contributed by atoms with Crippen LogP contribution in [0.1, 0.15) is 34.6 Å². The first-order chi connectivity index (χ1) is 11.8. The lowest BCUT2D eigenvalue weighted by Gasteiger charge is -2.09. The van der Waals surface area contributed by atoms with Crippen molar-refractivity contribution in [2.24, 2.45) is 5.92 Å². The lowest BCUT2D eigenvalue weighted by Crippen LogP contribution is -2.18. The van der Waals surface area contributed by atoms with E-state index < -0.39 is 17.6 Å². The SMILES string of the molecule is CC(C)C(=O)Nc1ccc(C(=O)Nc2ccc(C(=O)O)c(O)c2)cc1. The van der Waals surface area contributed by atoms with Gasteiger partial charge in [-0.15, -0.1) is 0 Å². The van der Waals surface area contributed by atoms with Gasteiger partial charge in [0.15, 0.2) is 0 Å². The Balaban J connectivity index is 2.07. The molecule has 7 heteroatoms. The fourth-order valence-electron chi connectivity index (χ4n) is 1.99. The Kier molecular flexibility index (Phi) is 5.38. The molecule has 0 aromatic heterocycles. The Labute approximate surface area is 144 Å². The molecule has 0 radical (unpaired) electrons. The summed E-state index contributed by atoms with van der Waals surface area (Å²) in [5, 5.41) is 23.8. The maximum atomic E-state index is 12.2. The number of hydrogen-bond acceptors (Lipinski definition) is 4. The molecule has 0 aliphatic rings. The molecular weight excluding hydrogens is 324 g/mol. The topological polar surface area (TPSA) is 116 Å². The Hall–Kier alpha value is -3.35. The fraction of sp³-hybridized carbons (Fsp3) is 0.167. The van der Waals surface area contributed by atoms with Gasteiger partial charge in [0, 0.05) is 28.9 Å². The second-order valence-electron chi connectivity index (χ2n) is 5.71. The molecule has 0 atom stereocenters. The van der Waals surface area contributed by atoms with Crippen molar-refractivity contribution in [3.05, 3.63) is 53.6 Å². The van der Waals surface area contributed by atoms with Crippen LogP contribution in [0.3, 0.4) is 0 Å². The predicted molar refractivity (Wildman–Crippen MR) is 92.9 cm³/mol. The molecule has 0 aliphatic carbocycles. The van der Waals surface area contributed by atoms with E-state index in [4.69, 9.17) is 5.11 Å². The Morgan fingerprint density at radius 1 is 0.920 bits per heavy atom. The summed E-state index contributed by atoms with van der Waals surface area (Å²) in [6, 6.07) is 10.1. The van der Waals surface area contributed by atoms with Crippen LogP contribution in [0.4, 0.5) is 11.4 Å². The van der Waals surface area contributed by atoms with Crippen LogP contribution in [0.2, 0.25) is 0 Å². The number of carbonyl (C=O) groups is 3. The smallest absolute Gasteiger partial charge is 0.339 e. The fourth-order valence-corrected chi connectivity index (χ4v) is 1.99. The zero-order valence-electron chi connectivity index (χ0n) is 13.7. The average Bonchev–Trinajstić information content (AvgIpc) is 2.55. The van der Waals surface area contributed by atoms with E-state index in [1.54, 1.807) is 38.1 Å². The third-order valence-electron chi connectivity index (χ3n) is 3.43. The minimum Gasteiger partial charge on any atom is -0.507 e. The first-order valence-corrected chi connectivity index (χ1v) is 7.56. The van der Waals surface area contributed by atoms with Crippen LogP contribution in [0.25, 0.3) is 0 Å². The Bertz CT molecular complexity index is 813. The molecule has 0 saturated carbocycles. The first kappa shape index (κ1) is 18.0. The van der Waals surface area contributed by atoms with Crippen LogP contribution in [-0.4, -0.2) is 28.0 Å². The predicted octanol–water partition coefficient (Wildman–Crippen LogP) is 2.94. The maximum Gasteiger partial charge on any atom is 0.339 e. The van der Waals surface area contributed by atoms with Crippen molar-refractivity contribution in [1.29, 1.82) is 0 Å². The third-order valence-corrected chi connectivity index (χ3v) is 3.43. The molecule has 4 N–H and O–H groups in total. The number of rotatable bonds is 5. The second kappa shape index (κ2) is 7.48. The molecule has 7 nitrogen and oxygen atoms in total. The van der Waals surface area contributed by atoms with Gasteiger partial charge in [0.05, 0.1) is 0 Å². The van der Waals surface area contributed by atoms with Crippen molar-refractivity contribution < 1.29 is 24.6 Å². The minimum atomic E-state index is -1.26. The number of nitrogens with one attached hydrogen (secondary N) is 2. The maximum absolute atomic E-state index is 12.2. The summed E-state index contributed by atoms with van der Waals surface area (Å²) in [6.07, 6.45) is 0. The van der Waals surface area contributed by atoms with Crippen LogP contribution in [-0.2, 0) is 4.79 Å².